The summed E-state index contributed by atoms with van der Waals surface area (Å²) < 4.78 is 34.9. The smallest absolute Gasteiger partial charge is 0.325 e. The van der Waals surface area contributed by atoms with E-state index in [9.17, 15) is 13.2 Å². The molecule has 1 N–H and O–H groups in total. The summed E-state index contributed by atoms with van der Waals surface area (Å²) in [4.78, 5) is 15.5. The van der Waals surface area contributed by atoms with Gasteiger partial charge in [0.05, 0.1) is 23.6 Å². The second kappa shape index (κ2) is 9.93. The first-order valence-corrected chi connectivity index (χ1v) is 13.3. The van der Waals surface area contributed by atoms with Crippen LogP contribution in [0.25, 0.3) is 0 Å². The Morgan fingerprint density at radius 2 is 1.46 bits per heavy atom. The Hall–Kier alpha value is -3.00. The van der Waals surface area contributed by atoms with Crippen LogP contribution in [0, 0.1) is 6.92 Å². The molecule has 184 valence electrons. The molecule has 1 heterocycles. The van der Waals surface area contributed by atoms with E-state index in [0.717, 1.165) is 16.7 Å². The van der Waals surface area contributed by atoms with Gasteiger partial charge in [0.25, 0.3) is 0 Å². The summed E-state index contributed by atoms with van der Waals surface area (Å²) in [7, 11) is -3.85. The van der Waals surface area contributed by atoms with Crippen molar-refractivity contribution in [3.05, 3.63) is 102 Å². The monoisotopic (exact) mass is 492 g/mol. The molecule has 0 saturated carbocycles. The van der Waals surface area contributed by atoms with Gasteiger partial charge in [-0.3, -0.25) is 9.69 Å². The van der Waals surface area contributed by atoms with Crippen molar-refractivity contribution in [1.82, 2.24) is 9.62 Å². The van der Waals surface area contributed by atoms with Crippen molar-refractivity contribution >= 4 is 16.0 Å². The third kappa shape index (κ3) is 4.89. The van der Waals surface area contributed by atoms with Crippen molar-refractivity contribution in [2.24, 2.45) is 0 Å². The number of benzene rings is 3. The van der Waals surface area contributed by atoms with Crippen LogP contribution in [0.1, 0.15) is 43.5 Å². The Bertz CT molecular complexity index is 1220. The molecule has 0 radical (unpaired) electrons. The number of carbonyl (C=O) groups excluding carboxylic acids is 1. The molecular formula is C28H32N2O4S. The van der Waals surface area contributed by atoms with E-state index >= 15 is 0 Å². The molecule has 1 fully saturated rings. The quantitative estimate of drug-likeness (QED) is 0.470. The van der Waals surface area contributed by atoms with Gasteiger partial charge >= 0.3 is 5.97 Å². The number of aryl methyl sites for hydroxylation is 1. The average Bonchev–Trinajstić information content (AvgIpc) is 2.85. The second-order valence-corrected chi connectivity index (χ2v) is 11.1. The summed E-state index contributed by atoms with van der Waals surface area (Å²) in [6.07, 6.45) is 0. The fraction of sp³-hybridized carbons (Fsp3) is 0.321. The fourth-order valence-electron chi connectivity index (χ4n) is 4.90. The number of sulfonamides is 1. The zero-order chi connectivity index (χ0) is 25.2. The molecule has 0 aliphatic carbocycles. The lowest BCUT2D eigenvalue weighted by atomic mass is 9.73. The predicted octanol–water partition coefficient (Wildman–Crippen LogP) is 4.46. The summed E-state index contributed by atoms with van der Waals surface area (Å²) in [6, 6.07) is 24.8. The molecule has 3 aromatic carbocycles. The predicted molar refractivity (Wildman–Crippen MR) is 136 cm³/mol. The van der Waals surface area contributed by atoms with Gasteiger partial charge in [0.15, 0.2) is 0 Å². The Morgan fingerprint density at radius 3 is 1.94 bits per heavy atom. The Kier molecular flexibility index (Phi) is 7.12. The van der Waals surface area contributed by atoms with Gasteiger partial charge in [-0.05, 0) is 51.0 Å². The lowest BCUT2D eigenvalue weighted by Crippen LogP contribution is -2.81. The fourth-order valence-corrected chi connectivity index (χ4v) is 6.28. The number of hydrogen-bond acceptors (Lipinski definition) is 5. The molecule has 7 heteroatoms. The first kappa shape index (κ1) is 25.1. The van der Waals surface area contributed by atoms with Gasteiger partial charge < -0.3 is 4.74 Å². The summed E-state index contributed by atoms with van der Waals surface area (Å²) in [5, 5.41) is 0. The zero-order valence-electron chi connectivity index (χ0n) is 20.5. The number of nitrogens with zero attached hydrogens (tertiary/aromatic N) is 1. The number of rotatable bonds is 8. The summed E-state index contributed by atoms with van der Waals surface area (Å²) >= 11 is 0. The number of carbonyl (C=O) groups is 1. The molecule has 1 aliphatic rings. The van der Waals surface area contributed by atoms with Crippen LogP contribution in [-0.2, 0) is 19.6 Å². The van der Waals surface area contributed by atoms with Crippen LogP contribution < -0.4 is 4.72 Å². The lowest BCUT2D eigenvalue weighted by molar-refractivity contribution is -0.175. The highest BCUT2D eigenvalue weighted by Crippen LogP contribution is 2.47. The number of nitrogens with one attached hydrogen (secondary N) is 1. The Morgan fingerprint density at radius 1 is 0.943 bits per heavy atom. The maximum absolute atomic E-state index is 13.3. The molecule has 35 heavy (non-hydrogen) atoms. The Labute approximate surface area is 208 Å². The molecule has 0 amide bonds. The molecule has 1 saturated heterocycles. The molecule has 0 spiro atoms. The Balaban J connectivity index is 1.76. The van der Waals surface area contributed by atoms with Crippen LogP contribution in [0.5, 0.6) is 0 Å². The molecule has 4 rings (SSSR count). The van der Waals surface area contributed by atoms with Gasteiger partial charge in [-0.15, -0.1) is 0 Å². The van der Waals surface area contributed by atoms with E-state index in [1.54, 1.807) is 31.2 Å². The van der Waals surface area contributed by atoms with E-state index in [-0.39, 0.29) is 17.5 Å². The van der Waals surface area contributed by atoms with E-state index in [2.05, 4.69) is 9.62 Å². The number of hydrogen-bond donors (Lipinski definition) is 1. The normalized spacial score (nSPS) is 19.8. The van der Waals surface area contributed by atoms with Gasteiger partial charge in [0.1, 0.15) is 6.04 Å². The van der Waals surface area contributed by atoms with E-state index < -0.39 is 33.6 Å². The highest BCUT2D eigenvalue weighted by atomic mass is 32.2. The van der Waals surface area contributed by atoms with Crippen LogP contribution in [0.2, 0.25) is 0 Å². The zero-order valence-corrected chi connectivity index (χ0v) is 21.3. The number of ether oxygens (including phenoxy) is 1. The van der Waals surface area contributed by atoms with Crippen molar-refractivity contribution in [2.75, 3.05) is 6.61 Å². The van der Waals surface area contributed by atoms with Gasteiger partial charge in [0, 0.05) is 5.54 Å². The van der Waals surface area contributed by atoms with E-state index in [4.69, 9.17) is 4.74 Å². The standard InChI is InChI=1S/C28H32N2O4S/c1-5-34-27(31)25-26(29-35(32,33)23-18-16-20(2)17-19-23)28(3,4)30(25)24(21-12-8-6-9-13-21)22-14-10-7-11-15-22/h6-19,24-26,29H,5H2,1-4H3/t25-,26+/m1/s1. The lowest BCUT2D eigenvalue weighted by Gasteiger charge is -2.62. The summed E-state index contributed by atoms with van der Waals surface area (Å²) in [5.41, 5.74) is 2.31. The van der Waals surface area contributed by atoms with Crippen LogP contribution >= 0.6 is 0 Å². The van der Waals surface area contributed by atoms with Gasteiger partial charge in [0.2, 0.25) is 10.0 Å². The molecule has 2 atom stereocenters. The minimum Gasteiger partial charge on any atom is -0.465 e. The van der Waals surface area contributed by atoms with Gasteiger partial charge in [-0.2, -0.15) is 0 Å². The van der Waals surface area contributed by atoms with Crippen LogP contribution in [-0.4, -0.2) is 43.5 Å². The maximum atomic E-state index is 13.3. The molecule has 0 unspecified atom stereocenters. The third-order valence-electron chi connectivity index (χ3n) is 6.69. The van der Waals surface area contributed by atoms with E-state index in [0.29, 0.717) is 0 Å². The topological polar surface area (TPSA) is 75.7 Å². The van der Waals surface area contributed by atoms with Crippen molar-refractivity contribution < 1.29 is 17.9 Å². The van der Waals surface area contributed by atoms with Crippen molar-refractivity contribution in [2.45, 2.75) is 56.3 Å². The summed E-state index contributed by atoms with van der Waals surface area (Å²) in [5.74, 6) is -0.444. The SMILES string of the molecule is CCOC(=O)[C@H]1[C@H](NS(=O)(=O)c2ccc(C)cc2)C(C)(C)N1C(c1ccccc1)c1ccccc1. The van der Waals surface area contributed by atoms with Crippen LogP contribution in [0.4, 0.5) is 0 Å². The number of likely N-dealkylation sites (tertiary alicyclic amines) is 1. The second-order valence-electron chi connectivity index (χ2n) is 9.39. The third-order valence-corrected chi connectivity index (χ3v) is 8.15. The first-order valence-electron chi connectivity index (χ1n) is 11.8. The summed E-state index contributed by atoms with van der Waals surface area (Å²) in [6.45, 7) is 7.79. The highest BCUT2D eigenvalue weighted by Gasteiger charge is 2.62. The molecule has 6 nitrogen and oxygen atoms in total. The van der Waals surface area contributed by atoms with Crippen LogP contribution in [0.3, 0.4) is 0 Å². The minimum absolute atomic E-state index is 0.169. The molecular weight excluding hydrogens is 460 g/mol. The molecule has 0 aromatic heterocycles. The van der Waals surface area contributed by atoms with Gasteiger partial charge in [-0.25, -0.2) is 13.1 Å². The minimum atomic E-state index is -3.85. The molecule has 0 bridgehead atoms. The number of esters is 1. The van der Waals surface area contributed by atoms with E-state index in [1.807, 2.05) is 81.4 Å². The van der Waals surface area contributed by atoms with Crippen LogP contribution in [0.15, 0.2) is 89.8 Å². The first-order chi connectivity index (χ1) is 16.7. The highest BCUT2D eigenvalue weighted by molar-refractivity contribution is 7.89. The van der Waals surface area contributed by atoms with Gasteiger partial charge in [-0.1, -0.05) is 78.4 Å². The largest absolute Gasteiger partial charge is 0.465 e. The van der Waals surface area contributed by atoms with Crippen molar-refractivity contribution in [3.8, 4) is 0 Å². The van der Waals surface area contributed by atoms with Crippen molar-refractivity contribution in [3.63, 3.8) is 0 Å². The van der Waals surface area contributed by atoms with E-state index in [1.165, 1.54) is 0 Å². The van der Waals surface area contributed by atoms with Crippen molar-refractivity contribution in [1.29, 1.82) is 0 Å². The molecule has 3 aromatic rings. The average molecular weight is 493 g/mol. The maximum Gasteiger partial charge on any atom is 0.325 e. The molecule has 1 aliphatic heterocycles.